The molecule has 0 saturated carbocycles. The van der Waals surface area contributed by atoms with Gasteiger partial charge in [0.25, 0.3) is 5.91 Å². The third kappa shape index (κ3) is 2.74. The van der Waals surface area contributed by atoms with Crippen LogP contribution in [0.15, 0.2) is 6.07 Å². The molecule has 0 bridgehead atoms. The number of thiophene rings is 1. The summed E-state index contributed by atoms with van der Waals surface area (Å²) in [7, 11) is 1.86. The molecule has 0 aromatic carbocycles. The van der Waals surface area contributed by atoms with Gasteiger partial charge in [-0.05, 0) is 24.2 Å². The quantitative estimate of drug-likeness (QED) is 0.882. The second-order valence-corrected chi connectivity index (χ2v) is 8.27. The number of aromatic nitrogens is 2. The molecule has 2 aromatic heterocycles. The van der Waals surface area contributed by atoms with Crippen molar-refractivity contribution < 1.29 is 14.7 Å². The Bertz CT molecular complexity index is 772. The molecule has 6 nitrogen and oxygen atoms in total. The number of hydrogen-bond acceptors (Lipinski definition) is 5. The van der Waals surface area contributed by atoms with Gasteiger partial charge in [-0.15, -0.1) is 11.3 Å². The zero-order valence-corrected chi connectivity index (χ0v) is 14.9. The molecule has 0 radical (unpaired) electrons. The van der Waals surface area contributed by atoms with Crippen molar-refractivity contribution in [1.82, 2.24) is 15.1 Å². The summed E-state index contributed by atoms with van der Waals surface area (Å²) in [6.45, 7) is 4.13. The monoisotopic (exact) mass is 353 g/mol. The van der Waals surface area contributed by atoms with Crippen molar-refractivity contribution in [3.8, 4) is 0 Å². The largest absolute Gasteiger partial charge is 0.479 e. The molecule has 1 amide bonds. The number of nitrogens with zero attached hydrogens (tertiary/aromatic N) is 2. The number of carboxylic acids is 1. The van der Waals surface area contributed by atoms with E-state index in [0.717, 1.165) is 21.7 Å². The zero-order valence-electron chi connectivity index (χ0n) is 13.3. The van der Waals surface area contributed by atoms with Crippen molar-refractivity contribution in [1.29, 1.82) is 0 Å². The van der Waals surface area contributed by atoms with Crippen LogP contribution in [-0.2, 0) is 11.8 Å². The second kappa shape index (κ2) is 5.83. The Morgan fingerprint density at radius 2 is 2.22 bits per heavy atom. The van der Waals surface area contributed by atoms with Crippen molar-refractivity contribution >= 4 is 45.2 Å². The topological polar surface area (TPSA) is 84.2 Å². The van der Waals surface area contributed by atoms with E-state index in [4.69, 9.17) is 0 Å². The molecule has 8 heteroatoms. The maximum absolute atomic E-state index is 12.6. The summed E-state index contributed by atoms with van der Waals surface area (Å²) in [5, 5.41) is 17.7. The lowest BCUT2D eigenvalue weighted by Gasteiger charge is -2.24. The van der Waals surface area contributed by atoms with Crippen molar-refractivity contribution in [2.24, 2.45) is 7.05 Å². The third-order valence-electron chi connectivity index (χ3n) is 4.09. The third-order valence-corrected chi connectivity index (χ3v) is 6.48. The molecule has 0 aliphatic carbocycles. The molecule has 2 N–H and O–H groups in total. The Kier molecular flexibility index (Phi) is 4.14. The Labute approximate surface area is 142 Å². The predicted octanol–water partition coefficient (Wildman–Crippen LogP) is 2.45. The number of carbonyl (C=O) groups is 2. The Hall–Kier alpha value is -1.54. The Morgan fingerprint density at radius 1 is 1.48 bits per heavy atom. The molecular formula is C15H19N3O3S2. The lowest BCUT2D eigenvalue weighted by atomic mass is 9.99. The van der Waals surface area contributed by atoms with Crippen molar-refractivity contribution in [2.75, 3.05) is 11.5 Å². The zero-order chi connectivity index (χ0) is 16.8. The molecule has 1 aliphatic heterocycles. The van der Waals surface area contributed by atoms with Crippen LogP contribution in [-0.4, -0.2) is 43.8 Å². The summed E-state index contributed by atoms with van der Waals surface area (Å²) in [6.07, 6.45) is 0.461. The van der Waals surface area contributed by atoms with Crippen LogP contribution in [0.5, 0.6) is 0 Å². The molecule has 1 atom stereocenters. The summed E-state index contributed by atoms with van der Waals surface area (Å²) in [5.74, 6) is 0.158. The van der Waals surface area contributed by atoms with E-state index in [1.807, 2.05) is 13.1 Å². The maximum atomic E-state index is 12.6. The van der Waals surface area contributed by atoms with Crippen LogP contribution in [0.4, 0.5) is 0 Å². The number of rotatable bonds is 4. The Morgan fingerprint density at radius 3 is 2.78 bits per heavy atom. The van der Waals surface area contributed by atoms with Gasteiger partial charge in [0, 0.05) is 18.2 Å². The lowest BCUT2D eigenvalue weighted by Crippen LogP contribution is -2.54. The van der Waals surface area contributed by atoms with E-state index in [1.165, 1.54) is 11.3 Å². The fourth-order valence-electron chi connectivity index (χ4n) is 2.77. The van der Waals surface area contributed by atoms with E-state index in [2.05, 4.69) is 24.3 Å². The van der Waals surface area contributed by atoms with E-state index >= 15 is 0 Å². The van der Waals surface area contributed by atoms with Gasteiger partial charge in [-0.1, -0.05) is 13.8 Å². The van der Waals surface area contributed by atoms with E-state index < -0.39 is 11.5 Å². The predicted molar refractivity (Wildman–Crippen MR) is 92.5 cm³/mol. The first-order valence-corrected chi connectivity index (χ1v) is 9.41. The molecule has 23 heavy (non-hydrogen) atoms. The van der Waals surface area contributed by atoms with Crippen LogP contribution >= 0.6 is 23.1 Å². The SMILES string of the molecule is CC(C)c1nn(C)c2sc(C(=O)NC3(C(=O)O)CCSC3)cc12. The molecular weight excluding hydrogens is 334 g/mol. The average molecular weight is 353 g/mol. The smallest absolute Gasteiger partial charge is 0.330 e. The molecule has 3 heterocycles. The molecule has 1 fully saturated rings. The van der Waals surface area contributed by atoms with Gasteiger partial charge in [-0.2, -0.15) is 16.9 Å². The van der Waals surface area contributed by atoms with Gasteiger partial charge in [0.15, 0.2) is 0 Å². The van der Waals surface area contributed by atoms with Crippen LogP contribution in [0.1, 0.15) is 41.6 Å². The van der Waals surface area contributed by atoms with Gasteiger partial charge in [0.1, 0.15) is 10.4 Å². The fourth-order valence-corrected chi connectivity index (χ4v) is 5.07. The first-order chi connectivity index (χ1) is 10.8. The number of carbonyl (C=O) groups excluding carboxylic acids is 1. The molecule has 2 aromatic rings. The summed E-state index contributed by atoms with van der Waals surface area (Å²) in [6, 6.07) is 1.83. The van der Waals surface area contributed by atoms with E-state index in [-0.39, 0.29) is 11.8 Å². The van der Waals surface area contributed by atoms with Gasteiger partial charge in [0.2, 0.25) is 0 Å². The van der Waals surface area contributed by atoms with Crippen LogP contribution in [0.3, 0.4) is 0 Å². The lowest BCUT2D eigenvalue weighted by molar-refractivity contribution is -0.143. The number of fused-ring (bicyclic) bond motifs is 1. The fraction of sp³-hybridized carbons (Fsp3) is 0.533. The molecule has 124 valence electrons. The van der Waals surface area contributed by atoms with Crippen molar-refractivity contribution in [3.05, 3.63) is 16.6 Å². The highest BCUT2D eigenvalue weighted by molar-refractivity contribution is 7.99. The second-order valence-electron chi connectivity index (χ2n) is 6.14. The number of nitrogens with one attached hydrogen (secondary N) is 1. The maximum Gasteiger partial charge on any atom is 0.330 e. The first kappa shape index (κ1) is 16.3. The van der Waals surface area contributed by atoms with E-state index in [9.17, 15) is 14.7 Å². The number of amides is 1. The minimum absolute atomic E-state index is 0.265. The summed E-state index contributed by atoms with van der Waals surface area (Å²) in [5.41, 5.74) is -0.181. The highest BCUT2D eigenvalue weighted by Gasteiger charge is 2.43. The molecule has 1 saturated heterocycles. The molecule has 3 rings (SSSR count). The minimum Gasteiger partial charge on any atom is -0.479 e. The average Bonchev–Trinajstić information content (AvgIpc) is 3.15. The summed E-state index contributed by atoms with van der Waals surface area (Å²) in [4.78, 5) is 25.6. The van der Waals surface area contributed by atoms with E-state index in [1.54, 1.807) is 16.4 Å². The number of hydrogen-bond donors (Lipinski definition) is 2. The van der Waals surface area contributed by atoms with Crippen molar-refractivity contribution in [2.45, 2.75) is 31.7 Å². The normalized spacial score (nSPS) is 21.2. The number of aliphatic carboxylic acids is 1. The van der Waals surface area contributed by atoms with Crippen LogP contribution in [0.2, 0.25) is 0 Å². The van der Waals surface area contributed by atoms with Crippen LogP contribution in [0.25, 0.3) is 10.2 Å². The van der Waals surface area contributed by atoms with Crippen LogP contribution in [0, 0.1) is 0 Å². The van der Waals surface area contributed by atoms with Crippen LogP contribution < -0.4 is 5.32 Å². The molecule has 0 spiro atoms. The summed E-state index contributed by atoms with van der Waals surface area (Å²) < 4.78 is 1.78. The molecule has 1 unspecified atom stereocenters. The van der Waals surface area contributed by atoms with Gasteiger partial charge in [-0.3, -0.25) is 9.48 Å². The number of aryl methyl sites for hydroxylation is 1. The Balaban J connectivity index is 1.92. The minimum atomic E-state index is -1.14. The van der Waals surface area contributed by atoms with E-state index in [0.29, 0.717) is 17.1 Å². The van der Waals surface area contributed by atoms with Gasteiger partial charge in [0.05, 0.1) is 10.6 Å². The van der Waals surface area contributed by atoms with Crippen molar-refractivity contribution in [3.63, 3.8) is 0 Å². The van der Waals surface area contributed by atoms with Gasteiger partial charge < -0.3 is 10.4 Å². The highest BCUT2D eigenvalue weighted by Crippen LogP contribution is 2.33. The summed E-state index contributed by atoms with van der Waals surface area (Å²) >= 11 is 2.91. The standard InChI is InChI=1S/C15H19N3O3S2/c1-8(2)11-9-6-10(23-13(9)18(3)17-11)12(19)16-15(14(20)21)4-5-22-7-15/h6,8H,4-5,7H2,1-3H3,(H,16,19)(H,20,21). The number of thioether (sulfide) groups is 1. The van der Waals surface area contributed by atoms with Gasteiger partial charge >= 0.3 is 5.97 Å². The first-order valence-electron chi connectivity index (χ1n) is 7.44. The molecule has 1 aliphatic rings. The highest BCUT2D eigenvalue weighted by atomic mass is 32.2. The number of carboxylic acid groups (broad SMARTS) is 1. The van der Waals surface area contributed by atoms with Gasteiger partial charge in [-0.25, -0.2) is 4.79 Å².